The monoisotopic (exact) mass is 224 g/mol. The van der Waals surface area contributed by atoms with Crippen LogP contribution >= 0.6 is 0 Å². The molecule has 0 aromatic heterocycles. The van der Waals surface area contributed by atoms with Crippen molar-refractivity contribution in [2.75, 3.05) is 13.7 Å². The molecular weight excluding hydrogens is 212 g/mol. The van der Waals surface area contributed by atoms with Crippen molar-refractivity contribution in [2.24, 2.45) is 0 Å². The van der Waals surface area contributed by atoms with Crippen molar-refractivity contribution < 1.29 is 14.5 Å². The molecule has 1 aromatic rings. The van der Waals surface area contributed by atoms with Gasteiger partial charge in [-0.05, 0) is 12.1 Å². The normalized spacial score (nSPS) is 9.56. The van der Waals surface area contributed by atoms with Gasteiger partial charge in [0.25, 0.3) is 5.69 Å². The Labute approximate surface area is 92.4 Å². The lowest BCUT2D eigenvalue weighted by atomic mass is 10.3. The predicted octanol–water partition coefficient (Wildman–Crippen LogP) is 1.11. The van der Waals surface area contributed by atoms with Crippen molar-refractivity contribution in [1.29, 1.82) is 0 Å². The molecule has 1 N–H and O–H groups in total. The minimum absolute atomic E-state index is 0.0126. The fourth-order valence-electron chi connectivity index (χ4n) is 1.05. The lowest BCUT2D eigenvalue weighted by Crippen LogP contribution is -2.20. The SMILES string of the molecule is CNC(=O)CCOc1ccc([N+](=O)[O-])cc1. The summed E-state index contributed by atoms with van der Waals surface area (Å²) in [5.74, 6) is 0.399. The summed E-state index contributed by atoms with van der Waals surface area (Å²) in [6, 6.07) is 5.72. The first kappa shape index (κ1) is 12.0. The van der Waals surface area contributed by atoms with Crippen LogP contribution < -0.4 is 10.1 Å². The number of hydrogen-bond acceptors (Lipinski definition) is 4. The minimum Gasteiger partial charge on any atom is -0.493 e. The number of amides is 1. The highest BCUT2D eigenvalue weighted by atomic mass is 16.6. The highest BCUT2D eigenvalue weighted by Gasteiger charge is 2.04. The zero-order chi connectivity index (χ0) is 12.0. The van der Waals surface area contributed by atoms with Gasteiger partial charge >= 0.3 is 0 Å². The summed E-state index contributed by atoms with van der Waals surface area (Å²) in [5.41, 5.74) is 0.0126. The molecule has 0 atom stereocenters. The van der Waals surface area contributed by atoms with E-state index in [1.54, 1.807) is 7.05 Å². The number of carbonyl (C=O) groups excluding carboxylic acids is 1. The van der Waals surface area contributed by atoms with Gasteiger partial charge in [-0.15, -0.1) is 0 Å². The van der Waals surface area contributed by atoms with E-state index < -0.39 is 4.92 Å². The molecule has 0 saturated carbocycles. The Morgan fingerprint density at radius 2 is 2.06 bits per heavy atom. The molecule has 0 aliphatic carbocycles. The maximum absolute atomic E-state index is 10.9. The zero-order valence-electron chi connectivity index (χ0n) is 8.80. The van der Waals surface area contributed by atoms with Crippen LogP contribution in [-0.4, -0.2) is 24.5 Å². The van der Waals surface area contributed by atoms with E-state index in [0.717, 1.165) is 0 Å². The standard InChI is InChI=1S/C10H12N2O4/c1-11-10(13)6-7-16-9-4-2-8(3-5-9)12(14)15/h2-5H,6-7H2,1H3,(H,11,13). The molecule has 16 heavy (non-hydrogen) atoms. The lowest BCUT2D eigenvalue weighted by molar-refractivity contribution is -0.384. The highest BCUT2D eigenvalue weighted by molar-refractivity contribution is 5.75. The minimum atomic E-state index is -0.478. The predicted molar refractivity (Wildman–Crippen MR) is 57.3 cm³/mol. The number of benzene rings is 1. The Hall–Kier alpha value is -2.11. The molecule has 0 fully saturated rings. The summed E-state index contributed by atoms with van der Waals surface area (Å²) in [6.45, 7) is 0.248. The van der Waals surface area contributed by atoms with E-state index in [1.807, 2.05) is 0 Å². The highest BCUT2D eigenvalue weighted by Crippen LogP contribution is 2.17. The van der Waals surface area contributed by atoms with Gasteiger partial charge in [-0.1, -0.05) is 0 Å². The lowest BCUT2D eigenvalue weighted by Gasteiger charge is -2.04. The number of rotatable bonds is 5. The quantitative estimate of drug-likeness (QED) is 0.600. The maximum atomic E-state index is 10.9. The molecule has 0 spiro atoms. The number of nitrogens with one attached hydrogen (secondary N) is 1. The van der Waals surface area contributed by atoms with Gasteiger partial charge in [0, 0.05) is 19.2 Å². The number of carbonyl (C=O) groups is 1. The summed E-state index contributed by atoms with van der Waals surface area (Å²) < 4.78 is 5.23. The molecule has 6 heteroatoms. The first-order chi connectivity index (χ1) is 7.63. The van der Waals surface area contributed by atoms with Gasteiger partial charge < -0.3 is 10.1 Å². The topological polar surface area (TPSA) is 81.5 Å². The second-order valence-electron chi connectivity index (χ2n) is 3.02. The number of nitro groups is 1. The van der Waals surface area contributed by atoms with Crippen LogP contribution in [0.15, 0.2) is 24.3 Å². The van der Waals surface area contributed by atoms with Crippen LogP contribution in [0.4, 0.5) is 5.69 Å². The zero-order valence-corrected chi connectivity index (χ0v) is 8.80. The third-order valence-electron chi connectivity index (χ3n) is 1.92. The van der Waals surface area contributed by atoms with Crippen LogP contribution in [-0.2, 0) is 4.79 Å². The van der Waals surface area contributed by atoms with E-state index in [0.29, 0.717) is 5.75 Å². The molecule has 1 aromatic carbocycles. The molecule has 1 rings (SSSR count). The average Bonchev–Trinajstić information content (AvgIpc) is 2.29. The second kappa shape index (κ2) is 5.69. The van der Waals surface area contributed by atoms with Crippen molar-refractivity contribution in [1.82, 2.24) is 5.32 Å². The molecule has 0 bridgehead atoms. The summed E-state index contributed by atoms with van der Waals surface area (Å²) in [4.78, 5) is 20.8. The van der Waals surface area contributed by atoms with E-state index in [2.05, 4.69) is 5.32 Å². The maximum Gasteiger partial charge on any atom is 0.269 e. The van der Waals surface area contributed by atoms with Crippen molar-refractivity contribution in [3.05, 3.63) is 34.4 Å². The van der Waals surface area contributed by atoms with E-state index in [-0.39, 0.29) is 24.6 Å². The third-order valence-corrected chi connectivity index (χ3v) is 1.92. The van der Waals surface area contributed by atoms with Crippen molar-refractivity contribution in [3.8, 4) is 5.75 Å². The molecule has 0 aliphatic rings. The Morgan fingerprint density at radius 1 is 1.44 bits per heavy atom. The van der Waals surface area contributed by atoms with Gasteiger partial charge in [0.2, 0.25) is 5.91 Å². The van der Waals surface area contributed by atoms with Crippen LogP contribution in [0.5, 0.6) is 5.75 Å². The van der Waals surface area contributed by atoms with Gasteiger partial charge in [-0.25, -0.2) is 0 Å². The van der Waals surface area contributed by atoms with E-state index in [1.165, 1.54) is 24.3 Å². The molecule has 1 amide bonds. The molecule has 6 nitrogen and oxygen atoms in total. The van der Waals surface area contributed by atoms with Gasteiger partial charge in [-0.2, -0.15) is 0 Å². The third kappa shape index (κ3) is 3.56. The van der Waals surface area contributed by atoms with E-state index >= 15 is 0 Å². The fourth-order valence-corrected chi connectivity index (χ4v) is 1.05. The molecule has 86 valence electrons. The number of nitrogens with zero attached hydrogens (tertiary/aromatic N) is 1. The summed E-state index contributed by atoms with van der Waals surface area (Å²) >= 11 is 0. The van der Waals surface area contributed by atoms with Crippen molar-refractivity contribution in [3.63, 3.8) is 0 Å². The van der Waals surface area contributed by atoms with E-state index in [4.69, 9.17) is 4.74 Å². The second-order valence-corrected chi connectivity index (χ2v) is 3.02. The van der Waals surface area contributed by atoms with Crippen molar-refractivity contribution in [2.45, 2.75) is 6.42 Å². The molecular formula is C10H12N2O4. The van der Waals surface area contributed by atoms with Crippen LogP contribution in [0.2, 0.25) is 0 Å². The molecule has 0 unspecified atom stereocenters. The van der Waals surface area contributed by atoms with Crippen LogP contribution in [0, 0.1) is 10.1 Å². The smallest absolute Gasteiger partial charge is 0.269 e. The van der Waals surface area contributed by atoms with Gasteiger partial charge in [-0.3, -0.25) is 14.9 Å². The molecule has 0 saturated heterocycles. The van der Waals surface area contributed by atoms with E-state index in [9.17, 15) is 14.9 Å². The molecule has 0 aliphatic heterocycles. The summed E-state index contributed by atoms with van der Waals surface area (Å²) in [7, 11) is 1.55. The number of hydrogen-bond donors (Lipinski definition) is 1. The van der Waals surface area contributed by atoms with Gasteiger partial charge in [0.05, 0.1) is 18.0 Å². The first-order valence-electron chi connectivity index (χ1n) is 4.71. The number of non-ortho nitro benzene ring substituents is 1. The Bertz CT molecular complexity index is 375. The van der Waals surface area contributed by atoms with Gasteiger partial charge in [0.1, 0.15) is 5.75 Å². The van der Waals surface area contributed by atoms with Crippen LogP contribution in [0.1, 0.15) is 6.42 Å². The Morgan fingerprint density at radius 3 is 2.56 bits per heavy atom. The summed E-state index contributed by atoms with van der Waals surface area (Å²) in [6.07, 6.45) is 0.257. The fraction of sp³-hybridized carbons (Fsp3) is 0.300. The average molecular weight is 224 g/mol. The molecule has 0 heterocycles. The van der Waals surface area contributed by atoms with Crippen LogP contribution in [0.3, 0.4) is 0 Å². The number of ether oxygens (including phenoxy) is 1. The van der Waals surface area contributed by atoms with Crippen LogP contribution in [0.25, 0.3) is 0 Å². The van der Waals surface area contributed by atoms with Gasteiger partial charge in [0.15, 0.2) is 0 Å². The van der Waals surface area contributed by atoms with Crippen molar-refractivity contribution >= 4 is 11.6 Å². The summed E-state index contributed by atoms with van der Waals surface area (Å²) in [5, 5.41) is 12.8. The Kier molecular flexibility index (Phi) is 4.26. The number of nitro benzene ring substituents is 1. The Balaban J connectivity index is 2.43. The largest absolute Gasteiger partial charge is 0.493 e. The first-order valence-corrected chi connectivity index (χ1v) is 4.71. The molecule has 0 radical (unpaired) electrons.